The third-order valence-corrected chi connectivity index (χ3v) is 7.09. The summed E-state index contributed by atoms with van der Waals surface area (Å²) in [5.74, 6) is 0.548. The fraction of sp³-hybridized carbons (Fsp3) is 0.500. The highest BCUT2D eigenvalue weighted by atomic mass is 19.1. The lowest BCUT2D eigenvalue weighted by atomic mass is 9.90. The fourth-order valence-corrected chi connectivity index (χ4v) is 4.82. The number of anilines is 3. The van der Waals surface area contributed by atoms with Gasteiger partial charge < -0.3 is 25.3 Å². The molecule has 11 heteroatoms. The number of amides is 1. The van der Waals surface area contributed by atoms with Crippen LogP contribution in [0, 0.1) is 0 Å². The molecular weight excluding hydrogens is 453 g/mol. The van der Waals surface area contributed by atoms with E-state index in [9.17, 15) is 14.0 Å². The second-order valence-corrected chi connectivity index (χ2v) is 9.17. The summed E-state index contributed by atoms with van der Waals surface area (Å²) in [7, 11) is 3.46. The highest BCUT2D eigenvalue weighted by Gasteiger charge is 2.33. The van der Waals surface area contributed by atoms with Gasteiger partial charge in [0, 0.05) is 32.5 Å². The van der Waals surface area contributed by atoms with Crippen LogP contribution in [0.5, 0.6) is 0 Å². The van der Waals surface area contributed by atoms with Crippen molar-refractivity contribution in [2.24, 2.45) is 0 Å². The molecule has 35 heavy (non-hydrogen) atoms. The lowest BCUT2D eigenvalue weighted by molar-refractivity contribution is 0.0580. The minimum Gasteiger partial charge on any atom is -0.381 e. The van der Waals surface area contributed by atoms with Gasteiger partial charge in [-0.15, -0.1) is 0 Å². The Kier molecular flexibility index (Phi) is 6.42. The molecule has 1 unspecified atom stereocenters. The van der Waals surface area contributed by atoms with Crippen LogP contribution >= 0.6 is 0 Å². The summed E-state index contributed by atoms with van der Waals surface area (Å²) in [6, 6.07) is 4.91. The number of hydrogen-bond acceptors (Lipinski definition) is 7. The predicted molar refractivity (Wildman–Crippen MR) is 130 cm³/mol. The second-order valence-electron chi connectivity index (χ2n) is 9.17. The van der Waals surface area contributed by atoms with Crippen LogP contribution in [0.25, 0.3) is 5.65 Å². The summed E-state index contributed by atoms with van der Waals surface area (Å²) < 4.78 is 22.4. The molecule has 0 aliphatic heterocycles. The van der Waals surface area contributed by atoms with Crippen LogP contribution in [-0.2, 0) is 4.74 Å². The van der Waals surface area contributed by atoms with Crippen LogP contribution in [0.2, 0.25) is 0 Å². The number of carbonyl (C=O) groups excluding carboxylic acids is 1. The zero-order valence-electron chi connectivity index (χ0n) is 19.8. The lowest BCUT2D eigenvalue weighted by Crippen LogP contribution is -2.48. The Hall–Kier alpha value is -3.47. The first-order valence-corrected chi connectivity index (χ1v) is 12.0. The van der Waals surface area contributed by atoms with Gasteiger partial charge in [0.15, 0.2) is 5.65 Å². The molecular formula is C24H30FN7O3. The molecule has 2 fully saturated rings. The normalized spacial score (nSPS) is 24.1. The van der Waals surface area contributed by atoms with Gasteiger partial charge in [0.05, 0.1) is 18.3 Å². The van der Waals surface area contributed by atoms with Crippen molar-refractivity contribution in [3.8, 4) is 0 Å². The second kappa shape index (κ2) is 9.65. The van der Waals surface area contributed by atoms with Gasteiger partial charge in [-0.2, -0.15) is 9.61 Å². The van der Waals surface area contributed by atoms with Crippen LogP contribution in [0.3, 0.4) is 0 Å². The van der Waals surface area contributed by atoms with Crippen molar-refractivity contribution < 1.29 is 13.9 Å². The van der Waals surface area contributed by atoms with Gasteiger partial charge in [-0.25, -0.2) is 9.37 Å². The van der Waals surface area contributed by atoms with Crippen molar-refractivity contribution in [3.63, 3.8) is 0 Å². The van der Waals surface area contributed by atoms with Crippen LogP contribution in [0.15, 0.2) is 35.4 Å². The highest BCUT2D eigenvalue weighted by Crippen LogP contribution is 2.29. The number of halogens is 1. The molecule has 3 aromatic heterocycles. The Balaban J connectivity index is 1.42. The highest BCUT2D eigenvalue weighted by molar-refractivity contribution is 6.00. The average molecular weight is 484 g/mol. The Morgan fingerprint density at radius 1 is 1.20 bits per heavy atom. The average Bonchev–Trinajstić information content (AvgIpc) is 3.31. The molecule has 0 bridgehead atoms. The summed E-state index contributed by atoms with van der Waals surface area (Å²) in [4.78, 5) is 30.6. The maximum atomic E-state index is 13.7. The first-order chi connectivity index (χ1) is 17.0. The van der Waals surface area contributed by atoms with E-state index in [1.54, 1.807) is 30.9 Å². The number of alkyl halides is 1. The number of methoxy groups -OCH3 is 1. The van der Waals surface area contributed by atoms with Gasteiger partial charge >= 0.3 is 0 Å². The molecule has 2 aliphatic carbocycles. The molecule has 2 saturated carbocycles. The third kappa shape index (κ3) is 4.47. The first-order valence-electron chi connectivity index (χ1n) is 12.0. The predicted octanol–water partition coefficient (Wildman–Crippen LogP) is 3.04. The summed E-state index contributed by atoms with van der Waals surface area (Å²) in [6.07, 6.45) is 7.13. The molecule has 0 aromatic carbocycles. The molecule has 1 amide bonds. The molecule has 2 aliphatic rings. The summed E-state index contributed by atoms with van der Waals surface area (Å²) >= 11 is 0. The number of fused-ring (bicyclic) bond motifs is 1. The van der Waals surface area contributed by atoms with E-state index in [4.69, 9.17) is 4.74 Å². The van der Waals surface area contributed by atoms with E-state index in [0.29, 0.717) is 35.8 Å². The maximum Gasteiger partial charge on any atom is 0.274 e. The monoisotopic (exact) mass is 483 g/mol. The van der Waals surface area contributed by atoms with Crippen molar-refractivity contribution in [1.29, 1.82) is 0 Å². The number of nitrogens with zero attached hydrogens (tertiary/aromatic N) is 4. The number of pyridine rings is 1. The van der Waals surface area contributed by atoms with Gasteiger partial charge in [0.1, 0.15) is 29.1 Å². The van der Waals surface area contributed by atoms with Crippen molar-refractivity contribution in [2.75, 3.05) is 24.8 Å². The molecule has 186 valence electrons. The first kappa shape index (κ1) is 23.3. The number of rotatable bonds is 7. The molecule has 10 nitrogen and oxygen atoms in total. The van der Waals surface area contributed by atoms with E-state index < -0.39 is 18.1 Å². The van der Waals surface area contributed by atoms with Gasteiger partial charge in [0.25, 0.3) is 11.5 Å². The Morgan fingerprint density at radius 3 is 2.66 bits per heavy atom. The largest absolute Gasteiger partial charge is 0.381 e. The van der Waals surface area contributed by atoms with Gasteiger partial charge in [-0.1, -0.05) is 0 Å². The number of ether oxygens (including phenoxy) is 1. The third-order valence-electron chi connectivity index (χ3n) is 7.09. The topological polar surface area (TPSA) is 115 Å². The van der Waals surface area contributed by atoms with E-state index in [0.717, 1.165) is 25.7 Å². The molecule has 0 spiro atoms. The lowest BCUT2D eigenvalue weighted by Gasteiger charge is -2.30. The van der Waals surface area contributed by atoms with Crippen LogP contribution in [-0.4, -0.2) is 57.5 Å². The van der Waals surface area contributed by atoms with Crippen LogP contribution in [0.4, 0.5) is 21.7 Å². The minimum atomic E-state index is -1.02. The standard InChI is InChI=1S/C24H30FN7O3/c1-26-21-12-20(30-22-16(13-27-32(21)22)23(33)29-18-10-9-17(18)25)28-19-4-3-11-31(24(19)34)14-5-7-15(35-2)8-6-14/h3-4,11-15,17-18,26H,5-10H2,1-2H3,(H,28,30)(H,29,33)/t14-,15-,17-,18?/m0/s1. The number of hydrogen-bond donors (Lipinski definition) is 3. The Labute approximate surface area is 201 Å². The van der Waals surface area contributed by atoms with Crippen LogP contribution < -0.4 is 21.5 Å². The van der Waals surface area contributed by atoms with Crippen molar-refractivity contribution in [2.45, 2.75) is 62.9 Å². The zero-order chi connectivity index (χ0) is 24.5. The number of aromatic nitrogens is 4. The molecule has 2 atom stereocenters. The molecule has 3 aromatic rings. The van der Waals surface area contributed by atoms with E-state index in [-0.39, 0.29) is 23.3 Å². The number of carbonyl (C=O) groups is 1. The van der Waals surface area contributed by atoms with Gasteiger partial charge in [0.2, 0.25) is 0 Å². The summed E-state index contributed by atoms with van der Waals surface area (Å²) in [6.45, 7) is 0. The minimum absolute atomic E-state index is 0.120. The quantitative estimate of drug-likeness (QED) is 0.473. The van der Waals surface area contributed by atoms with E-state index >= 15 is 0 Å². The Bertz CT molecular complexity index is 1280. The van der Waals surface area contributed by atoms with Gasteiger partial charge in [-0.05, 0) is 50.7 Å². The molecule has 0 radical (unpaired) electrons. The molecule has 3 N–H and O–H groups in total. The van der Waals surface area contributed by atoms with E-state index in [1.807, 2.05) is 12.3 Å². The number of nitrogens with one attached hydrogen (secondary N) is 3. The Morgan fingerprint density at radius 2 is 2.00 bits per heavy atom. The molecule has 5 rings (SSSR count). The summed E-state index contributed by atoms with van der Waals surface area (Å²) in [5, 5.41) is 13.1. The van der Waals surface area contributed by atoms with Crippen molar-refractivity contribution >= 4 is 28.9 Å². The summed E-state index contributed by atoms with van der Waals surface area (Å²) in [5.41, 5.74) is 0.803. The SMILES string of the molecule is CNc1cc(Nc2cccn([C@H]3CC[C@H](OC)CC3)c2=O)nc2c(C(=O)NC3CC[C@@H]3F)cnn12. The van der Waals surface area contributed by atoms with E-state index in [1.165, 1.54) is 10.7 Å². The van der Waals surface area contributed by atoms with Gasteiger partial charge in [-0.3, -0.25) is 9.59 Å². The molecule has 0 saturated heterocycles. The van der Waals surface area contributed by atoms with E-state index in [2.05, 4.69) is 26.0 Å². The van der Waals surface area contributed by atoms with Crippen LogP contribution in [0.1, 0.15) is 54.9 Å². The fourth-order valence-electron chi connectivity index (χ4n) is 4.82. The zero-order valence-corrected chi connectivity index (χ0v) is 19.8. The smallest absolute Gasteiger partial charge is 0.274 e. The van der Waals surface area contributed by atoms with Crippen molar-refractivity contribution in [3.05, 3.63) is 46.5 Å². The molecule has 3 heterocycles. The maximum absolute atomic E-state index is 13.7. The van der Waals surface area contributed by atoms with Crippen molar-refractivity contribution in [1.82, 2.24) is 24.5 Å².